The van der Waals surface area contributed by atoms with Gasteiger partial charge in [0.1, 0.15) is 23.1 Å². The predicted molar refractivity (Wildman–Crippen MR) is 125 cm³/mol. The minimum Gasteiger partial charge on any atom is -0.481 e. The smallest absolute Gasteiger partial charge is 0.310 e. The first-order valence-electron chi connectivity index (χ1n) is 11.6. The molecule has 1 aromatic heterocycles. The second-order valence-corrected chi connectivity index (χ2v) is 10.3. The van der Waals surface area contributed by atoms with E-state index in [0.29, 0.717) is 23.0 Å². The molecule has 0 radical (unpaired) electrons. The lowest BCUT2D eigenvalue weighted by molar-refractivity contribution is -0.142. The fraction of sp³-hybridized carbons (Fsp3) is 0.423. The molecule has 2 aromatic carbocycles. The number of alkyl halides is 1. The van der Waals surface area contributed by atoms with E-state index < -0.39 is 41.0 Å². The topological polar surface area (TPSA) is 59.6 Å². The van der Waals surface area contributed by atoms with Crippen LogP contribution in [0.4, 0.5) is 23.2 Å². The number of halogens is 4. The Labute approximate surface area is 200 Å². The lowest BCUT2D eigenvalue weighted by Crippen LogP contribution is -2.50. The van der Waals surface area contributed by atoms with Crippen LogP contribution in [0.5, 0.6) is 0 Å². The highest BCUT2D eigenvalue weighted by Crippen LogP contribution is 2.44. The van der Waals surface area contributed by atoms with Crippen molar-refractivity contribution in [2.75, 3.05) is 24.5 Å². The molecule has 0 bridgehead atoms. The summed E-state index contributed by atoms with van der Waals surface area (Å²) in [5.41, 5.74) is 0.355. The van der Waals surface area contributed by atoms with Crippen LogP contribution >= 0.6 is 0 Å². The van der Waals surface area contributed by atoms with Crippen LogP contribution in [0, 0.1) is 23.4 Å². The Kier molecular flexibility index (Phi) is 5.58. The Hall–Kier alpha value is -3.07. The van der Waals surface area contributed by atoms with Gasteiger partial charge in [-0.2, -0.15) is 0 Å². The van der Waals surface area contributed by atoms with Crippen LogP contribution in [0.1, 0.15) is 43.6 Å². The van der Waals surface area contributed by atoms with E-state index >= 15 is 8.78 Å². The second-order valence-electron chi connectivity index (χ2n) is 10.3. The molecule has 3 aromatic rings. The van der Waals surface area contributed by atoms with Gasteiger partial charge in [-0.1, -0.05) is 0 Å². The minimum atomic E-state index is -1.63. The zero-order valence-corrected chi connectivity index (χ0v) is 19.7. The first-order valence-corrected chi connectivity index (χ1v) is 11.6. The number of carbonyl (C=O) groups is 1. The van der Waals surface area contributed by atoms with Gasteiger partial charge in [0.05, 0.1) is 12.0 Å². The number of aliphatic carboxylic acids is 1. The summed E-state index contributed by atoms with van der Waals surface area (Å²) in [5.74, 6) is -3.52. The highest BCUT2D eigenvalue weighted by atomic mass is 19.1. The molecule has 186 valence electrons. The van der Waals surface area contributed by atoms with Crippen LogP contribution in [-0.4, -0.2) is 52.3 Å². The van der Waals surface area contributed by atoms with E-state index in [1.807, 2.05) is 6.92 Å². The number of nitrogens with one attached hydrogen (secondary N) is 1. The van der Waals surface area contributed by atoms with Gasteiger partial charge in [-0.15, -0.1) is 0 Å². The molecule has 3 heterocycles. The number of carboxylic acids is 1. The van der Waals surface area contributed by atoms with Crippen LogP contribution < -0.4 is 4.90 Å². The molecular formula is C26H27F4N3O2. The van der Waals surface area contributed by atoms with Gasteiger partial charge in [0.2, 0.25) is 0 Å². The fourth-order valence-corrected chi connectivity index (χ4v) is 5.38. The maximum Gasteiger partial charge on any atom is 0.310 e. The number of rotatable bonds is 5. The molecule has 0 aliphatic carbocycles. The molecule has 1 saturated heterocycles. The van der Waals surface area contributed by atoms with Crippen molar-refractivity contribution in [1.82, 2.24) is 9.88 Å². The lowest BCUT2D eigenvalue weighted by Gasteiger charge is -2.43. The molecule has 9 heteroatoms. The summed E-state index contributed by atoms with van der Waals surface area (Å²) in [6.45, 7) is 5.00. The number of nitrogens with zero attached hydrogens (tertiary/aromatic N) is 2. The predicted octanol–water partition coefficient (Wildman–Crippen LogP) is 5.19. The molecule has 5 nitrogen and oxygen atoms in total. The minimum absolute atomic E-state index is 0.0605. The van der Waals surface area contributed by atoms with Crippen molar-refractivity contribution in [3.05, 3.63) is 64.6 Å². The summed E-state index contributed by atoms with van der Waals surface area (Å²) in [4.78, 5) is 17.7. The zero-order chi connectivity index (χ0) is 25.2. The molecule has 2 unspecified atom stereocenters. The summed E-state index contributed by atoms with van der Waals surface area (Å²) in [5, 5.41) is 9.75. The van der Waals surface area contributed by atoms with Crippen molar-refractivity contribution in [1.29, 1.82) is 0 Å². The molecule has 2 aliphatic heterocycles. The summed E-state index contributed by atoms with van der Waals surface area (Å²) in [6, 6.07) is 5.51. The first kappa shape index (κ1) is 23.7. The number of aromatic nitrogens is 1. The number of anilines is 1. The number of carboxylic acid groups (broad SMARTS) is 1. The second kappa shape index (κ2) is 8.26. The number of benzene rings is 2. The highest BCUT2D eigenvalue weighted by molar-refractivity contribution is 5.85. The zero-order valence-electron chi connectivity index (χ0n) is 19.7. The third-order valence-electron chi connectivity index (χ3n) is 7.06. The van der Waals surface area contributed by atoms with Crippen LogP contribution in [0.2, 0.25) is 0 Å². The van der Waals surface area contributed by atoms with Gasteiger partial charge >= 0.3 is 5.97 Å². The quantitative estimate of drug-likeness (QED) is 0.485. The number of aromatic amines is 1. The van der Waals surface area contributed by atoms with Crippen LogP contribution in [0.3, 0.4) is 0 Å². The normalized spacial score (nSPS) is 21.3. The Morgan fingerprint density at radius 3 is 2.40 bits per heavy atom. The molecule has 5 rings (SSSR count). The van der Waals surface area contributed by atoms with E-state index in [4.69, 9.17) is 5.11 Å². The number of H-pyrrole nitrogens is 1. The van der Waals surface area contributed by atoms with E-state index in [9.17, 15) is 13.6 Å². The van der Waals surface area contributed by atoms with Crippen molar-refractivity contribution in [3.63, 3.8) is 0 Å². The van der Waals surface area contributed by atoms with Gasteiger partial charge in [0.15, 0.2) is 0 Å². The van der Waals surface area contributed by atoms with E-state index in [1.54, 1.807) is 15.9 Å². The number of fused-ring (bicyclic) bond motifs is 3. The van der Waals surface area contributed by atoms with E-state index in [0.717, 1.165) is 5.56 Å². The summed E-state index contributed by atoms with van der Waals surface area (Å²) in [7, 11) is 0. The van der Waals surface area contributed by atoms with Crippen molar-refractivity contribution in [2.45, 2.75) is 44.9 Å². The van der Waals surface area contributed by atoms with Gasteiger partial charge in [0, 0.05) is 53.5 Å². The van der Waals surface area contributed by atoms with Gasteiger partial charge < -0.3 is 15.0 Å². The van der Waals surface area contributed by atoms with E-state index in [-0.39, 0.29) is 36.9 Å². The van der Waals surface area contributed by atoms with Crippen LogP contribution in [0.15, 0.2) is 30.3 Å². The van der Waals surface area contributed by atoms with Crippen LogP contribution in [0.25, 0.3) is 10.9 Å². The highest BCUT2D eigenvalue weighted by Gasteiger charge is 2.41. The van der Waals surface area contributed by atoms with Gasteiger partial charge in [-0.25, -0.2) is 17.6 Å². The van der Waals surface area contributed by atoms with E-state index in [1.165, 1.54) is 38.1 Å². The summed E-state index contributed by atoms with van der Waals surface area (Å²) < 4.78 is 60.2. The standard InChI is InChI=1S/C26H27F4N3O2/c1-13-6-18-17-7-15(27)4-5-21(17)31-23(18)24(33(13)12-26(2,3)30)22-19(28)8-16(9-20(22)29)32-10-14(11-32)25(34)35/h4-5,7-9,13-14,24,31H,6,10-12H2,1-3H3,(H,34,35). The number of hydrogen-bond donors (Lipinski definition) is 2. The number of hydrogen-bond acceptors (Lipinski definition) is 3. The Morgan fingerprint density at radius 1 is 1.14 bits per heavy atom. The third-order valence-corrected chi connectivity index (χ3v) is 7.06. The van der Waals surface area contributed by atoms with Crippen molar-refractivity contribution < 1.29 is 27.5 Å². The third kappa shape index (κ3) is 4.16. The van der Waals surface area contributed by atoms with E-state index in [2.05, 4.69) is 4.98 Å². The van der Waals surface area contributed by atoms with Crippen LogP contribution in [-0.2, 0) is 11.2 Å². The molecule has 1 fully saturated rings. The molecule has 35 heavy (non-hydrogen) atoms. The molecule has 0 amide bonds. The SMILES string of the molecule is CC1Cc2c([nH]c3ccc(F)cc23)C(c2c(F)cc(N3CC(C(=O)O)C3)cc2F)N1CC(C)(C)F. The lowest BCUT2D eigenvalue weighted by atomic mass is 9.87. The average molecular weight is 490 g/mol. The molecule has 0 spiro atoms. The van der Waals surface area contributed by atoms with Gasteiger partial charge in [-0.3, -0.25) is 9.69 Å². The monoisotopic (exact) mass is 489 g/mol. The van der Waals surface area contributed by atoms with Gasteiger partial charge in [0.25, 0.3) is 0 Å². The van der Waals surface area contributed by atoms with Crippen molar-refractivity contribution in [2.24, 2.45) is 5.92 Å². The maximum absolute atomic E-state index is 15.6. The maximum atomic E-state index is 15.6. The Morgan fingerprint density at radius 2 is 1.80 bits per heavy atom. The molecular weight excluding hydrogens is 462 g/mol. The molecule has 2 aliphatic rings. The summed E-state index contributed by atoms with van der Waals surface area (Å²) >= 11 is 0. The molecule has 2 N–H and O–H groups in total. The van der Waals surface area contributed by atoms with Crippen molar-refractivity contribution in [3.8, 4) is 0 Å². The Balaban J connectivity index is 1.63. The first-order chi connectivity index (χ1) is 16.4. The van der Waals surface area contributed by atoms with Crippen molar-refractivity contribution >= 4 is 22.6 Å². The average Bonchev–Trinajstić information content (AvgIpc) is 3.04. The molecule has 2 atom stereocenters. The largest absolute Gasteiger partial charge is 0.481 e. The van der Waals surface area contributed by atoms with Gasteiger partial charge in [-0.05, 0) is 63.1 Å². The Bertz CT molecular complexity index is 1290. The fourth-order valence-electron chi connectivity index (χ4n) is 5.38. The molecule has 0 saturated carbocycles. The summed E-state index contributed by atoms with van der Waals surface area (Å²) in [6.07, 6.45) is 0.469.